The maximum Gasteiger partial charge on any atom is 0.306 e. The van der Waals surface area contributed by atoms with E-state index < -0.39 is 6.10 Å². The van der Waals surface area contributed by atoms with Crippen molar-refractivity contribution in [3.8, 4) is 0 Å². The summed E-state index contributed by atoms with van der Waals surface area (Å²) in [5.74, 6) is 1.75. The molecule has 2 atom stereocenters. The van der Waals surface area contributed by atoms with Crippen LogP contribution >= 0.6 is 0 Å². The Bertz CT molecular complexity index is 1120. The van der Waals surface area contributed by atoms with Crippen molar-refractivity contribution in [2.45, 2.75) is 375 Å². The minimum atomic E-state index is -0.765. The lowest BCUT2D eigenvalue weighted by Crippen LogP contribution is -2.30. The van der Waals surface area contributed by atoms with Gasteiger partial charge in [0.25, 0.3) is 0 Å². The molecule has 0 N–H and O–H groups in total. The van der Waals surface area contributed by atoms with E-state index in [1.165, 1.54) is 250 Å². The molecule has 0 aliphatic carbocycles. The summed E-state index contributed by atoms with van der Waals surface area (Å²) < 4.78 is 17.0. The molecule has 72 heavy (non-hydrogen) atoms. The molecule has 0 aliphatic rings. The molecule has 0 saturated carbocycles. The fraction of sp³-hybridized carbons (Fsp3) is 0.955. The van der Waals surface area contributed by atoms with Crippen LogP contribution in [0.1, 0.15) is 369 Å². The molecule has 0 heterocycles. The average Bonchev–Trinajstić information content (AvgIpc) is 3.36. The SMILES string of the molecule is CCC(C)CCCCCCCCCCCCC(=O)OC[C@@H](COC(=O)CCCCCCCCCCCCCCCCCCC(C)C)OC(=O)CCCCCCCCCCCCCCCCCCCCC(C)C. The number of carbonyl (C=O) groups excluding carboxylic acids is 3. The topological polar surface area (TPSA) is 78.9 Å². The van der Waals surface area contributed by atoms with Gasteiger partial charge in [-0.2, -0.15) is 0 Å². The lowest BCUT2D eigenvalue weighted by Gasteiger charge is -2.18. The van der Waals surface area contributed by atoms with Gasteiger partial charge in [-0.25, -0.2) is 0 Å². The van der Waals surface area contributed by atoms with E-state index in [0.29, 0.717) is 19.3 Å². The van der Waals surface area contributed by atoms with Crippen molar-refractivity contribution in [3.63, 3.8) is 0 Å². The zero-order valence-electron chi connectivity index (χ0n) is 49.7. The van der Waals surface area contributed by atoms with Crippen LogP contribution in [0.5, 0.6) is 0 Å². The summed E-state index contributed by atoms with van der Waals surface area (Å²) in [5.41, 5.74) is 0. The van der Waals surface area contributed by atoms with Crippen LogP contribution in [0.4, 0.5) is 0 Å². The van der Waals surface area contributed by atoms with Crippen LogP contribution in [0.3, 0.4) is 0 Å². The first-order chi connectivity index (χ1) is 35.1. The second-order valence-corrected chi connectivity index (χ2v) is 24.0. The smallest absolute Gasteiger partial charge is 0.306 e. The molecule has 0 rings (SSSR count). The molecular formula is C66H128O6. The van der Waals surface area contributed by atoms with Crippen molar-refractivity contribution in [2.24, 2.45) is 17.8 Å². The second kappa shape index (κ2) is 57.1. The number of ether oxygens (including phenoxy) is 3. The predicted molar refractivity (Wildman–Crippen MR) is 312 cm³/mol. The highest BCUT2D eigenvalue weighted by Crippen LogP contribution is 2.20. The van der Waals surface area contributed by atoms with Crippen LogP contribution in [-0.4, -0.2) is 37.2 Å². The van der Waals surface area contributed by atoms with Crippen LogP contribution in [0, 0.1) is 17.8 Å². The number of rotatable bonds is 59. The maximum atomic E-state index is 12.9. The third-order valence-corrected chi connectivity index (χ3v) is 15.5. The Labute approximate surface area is 450 Å². The molecule has 0 aromatic carbocycles. The third kappa shape index (κ3) is 57.7. The number of hydrogen-bond donors (Lipinski definition) is 0. The largest absolute Gasteiger partial charge is 0.462 e. The molecule has 0 amide bonds. The normalized spacial score (nSPS) is 12.5. The molecule has 1 unspecified atom stereocenters. The fourth-order valence-electron chi connectivity index (χ4n) is 10.2. The Morgan fingerprint density at radius 2 is 0.486 bits per heavy atom. The monoisotopic (exact) mass is 1020 g/mol. The van der Waals surface area contributed by atoms with Gasteiger partial charge in [-0.05, 0) is 37.0 Å². The third-order valence-electron chi connectivity index (χ3n) is 15.5. The molecule has 0 aromatic rings. The standard InChI is InChI=1S/C66H128O6/c1-7-62(6)54-48-42-36-30-26-27-32-38-44-50-56-65(68)71-59-63(58-70-64(67)55-49-43-37-31-24-20-16-13-12-15-19-23-29-35-41-47-53-61(4)5)72-66(69)57-51-45-39-33-25-21-17-11-9-8-10-14-18-22-28-34-40-46-52-60(2)3/h60-63H,7-59H2,1-6H3/t62?,63-/m1/s1. The van der Waals surface area contributed by atoms with Crippen molar-refractivity contribution < 1.29 is 28.6 Å². The van der Waals surface area contributed by atoms with Crippen molar-refractivity contribution in [1.82, 2.24) is 0 Å². The van der Waals surface area contributed by atoms with Crippen LogP contribution in [0.2, 0.25) is 0 Å². The van der Waals surface area contributed by atoms with Gasteiger partial charge in [0, 0.05) is 19.3 Å². The number of hydrogen-bond acceptors (Lipinski definition) is 6. The summed E-state index contributed by atoms with van der Waals surface area (Å²) in [5, 5.41) is 0. The molecule has 0 spiro atoms. The number of unbranched alkanes of at least 4 members (excludes halogenated alkanes) is 41. The quantitative estimate of drug-likeness (QED) is 0.0343. The van der Waals surface area contributed by atoms with Crippen LogP contribution in [0.15, 0.2) is 0 Å². The lowest BCUT2D eigenvalue weighted by molar-refractivity contribution is -0.167. The Morgan fingerprint density at radius 3 is 0.722 bits per heavy atom. The molecule has 0 aromatic heterocycles. The van der Waals surface area contributed by atoms with Gasteiger partial charge >= 0.3 is 17.9 Å². The summed E-state index contributed by atoms with van der Waals surface area (Å²) in [7, 11) is 0. The Morgan fingerprint density at radius 1 is 0.278 bits per heavy atom. The van der Waals surface area contributed by atoms with E-state index in [0.717, 1.165) is 75.5 Å². The summed E-state index contributed by atoms with van der Waals surface area (Å²) in [6, 6.07) is 0. The molecule has 0 saturated heterocycles. The van der Waals surface area contributed by atoms with E-state index in [4.69, 9.17) is 14.2 Å². The first-order valence-corrected chi connectivity index (χ1v) is 32.6. The molecule has 0 radical (unpaired) electrons. The van der Waals surface area contributed by atoms with E-state index in [1.807, 2.05) is 0 Å². The molecule has 0 bridgehead atoms. The fourth-order valence-corrected chi connectivity index (χ4v) is 10.2. The Hall–Kier alpha value is -1.59. The highest BCUT2D eigenvalue weighted by molar-refractivity contribution is 5.71. The van der Waals surface area contributed by atoms with E-state index >= 15 is 0 Å². The van der Waals surface area contributed by atoms with E-state index in [1.54, 1.807) is 0 Å². The maximum absolute atomic E-state index is 12.9. The van der Waals surface area contributed by atoms with Gasteiger partial charge in [0.2, 0.25) is 0 Å². The van der Waals surface area contributed by atoms with Gasteiger partial charge in [-0.15, -0.1) is 0 Å². The zero-order valence-corrected chi connectivity index (χ0v) is 49.7. The van der Waals surface area contributed by atoms with Gasteiger partial charge in [0.15, 0.2) is 6.10 Å². The highest BCUT2D eigenvalue weighted by Gasteiger charge is 2.19. The number of carbonyl (C=O) groups is 3. The van der Waals surface area contributed by atoms with Gasteiger partial charge in [-0.3, -0.25) is 14.4 Å². The first kappa shape index (κ1) is 70.4. The van der Waals surface area contributed by atoms with Gasteiger partial charge in [0.1, 0.15) is 13.2 Å². The van der Waals surface area contributed by atoms with Crippen molar-refractivity contribution >= 4 is 17.9 Å². The zero-order chi connectivity index (χ0) is 52.6. The predicted octanol–water partition coefficient (Wildman–Crippen LogP) is 21.8. The summed E-state index contributed by atoms with van der Waals surface area (Å²) in [6.45, 7) is 13.8. The van der Waals surface area contributed by atoms with E-state index in [2.05, 4.69) is 41.5 Å². The summed E-state index contributed by atoms with van der Waals surface area (Å²) >= 11 is 0. The molecule has 0 fully saturated rings. The Kier molecular flexibility index (Phi) is 55.9. The van der Waals surface area contributed by atoms with Crippen molar-refractivity contribution in [3.05, 3.63) is 0 Å². The minimum absolute atomic E-state index is 0.0626. The molecule has 6 heteroatoms. The summed E-state index contributed by atoms with van der Waals surface area (Å²) in [6.07, 6.45) is 62.4. The lowest BCUT2D eigenvalue weighted by atomic mass is 9.99. The van der Waals surface area contributed by atoms with Crippen molar-refractivity contribution in [2.75, 3.05) is 13.2 Å². The second-order valence-electron chi connectivity index (χ2n) is 24.0. The van der Waals surface area contributed by atoms with Crippen molar-refractivity contribution in [1.29, 1.82) is 0 Å². The molecular weight excluding hydrogens is 889 g/mol. The van der Waals surface area contributed by atoms with Crippen LogP contribution in [-0.2, 0) is 28.6 Å². The molecule has 0 aliphatic heterocycles. The number of esters is 3. The minimum Gasteiger partial charge on any atom is -0.462 e. The van der Waals surface area contributed by atoms with Gasteiger partial charge < -0.3 is 14.2 Å². The van der Waals surface area contributed by atoms with E-state index in [-0.39, 0.29) is 31.1 Å². The Balaban J connectivity index is 4.27. The van der Waals surface area contributed by atoms with Crippen LogP contribution < -0.4 is 0 Å². The van der Waals surface area contributed by atoms with Gasteiger partial charge in [-0.1, -0.05) is 330 Å². The summed E-state index contributed by atoms with van der Waals surface area (Å²) in [4.78, 5) is 38.3. The van der Waals surface area contributed by atoms with Crippen LogP contribution in [0.25, 0.3) is 0 Å². The van der Waals surface area contributed by atoms with Gasteiger partial charge in [0.05, 0.1) is 0 Å². The highest BCUT2D eigenvalue weighted by atomic mass is 16.6. The van der Waals surface area contributed by atoms with E-state index in [9.17, 15) is 14.4 Å². The molecule has 428 valence electrons. The first-order valence-electron chi connectivity index (χ1n) is 32.6. The average molecular weight is 1020 g/mol. The molecule has 6 nitrogen and oxygen atoms in total.